The number of hydrogen-bond donors (Lipinski definition) is 1. The summed E-state index contributed by atoms with van der Waals surface area (Å²) < 4.78 is 41.9. The number of rotatable bonds is 9. The third-order valence-corrected chi connectivity index (χ3v) is 5.48. The number of sulfonamides is 1. The van der Waals surface area contributed by atoms with Crippen molar-refractivity contribution in [1.29, 1.82) is 0 Å². The first kappa shape index (κ1) is 22.4. The molecule has 0 heterocycles. The van der Waals surface area contributed by atoms with Gasteiger partial charge < -0.3 is 19.5 Å². The molecule has 0 fully saturated rings. The van der Waals surface area contributed by atoms with Crippen molar-refractivity contribution in [2.45, 2.75) is 19.4 Å². The van der Waals surface area contributed by atoms with E-state index >= 15 is 0 Å². The van der Waals surface area contributed by atoms with Gasteiger partial charge in [-0.05, 0) is 30.7 Å². The number of hydrogen-bond acceptors (Lipinski definition) is 6. The van der Waals surface area contributed by atoms with Gasteiger partial charge in [0.05, 0.1) is 39.0 Å². The molecule has 158 valence electrons. The Hall–Kier alpha value is -2.94. The third kappa shape index (κ3) is 5.32. The first-order chi connectivity index (χ1) is 13.7. The van der Waals surface area contributed by atoms with Gasteiger partial charge in [-0.1, -0.05) is 13.0 Å². The van der Waals surface area contributed by atoms with E-state index in [0.717, 1.165) is 10.6 Å². The average molecular weight is 423 g/mol. The van der Waals surface area contributed by atoms with E-state index < -0.39 is 22.0 Å². The predicted octanol–water partition coefficient (Wildman–Crippen LogP) is 2.90. The van der Waals surface area contributed by atoms with Crippen LogP contribution in [0.15, 0.2) is 42.5 Å². The molecule has 0 aliphatic carbocycles. The lowest BCUT2D eigenvalue weighted by atomic mass is 10.1. The standard InChI is InChI=1S/C20H26N2O6S/c1-6-18(20(23)21-17-11-10-16(27-3)13-19(17)28-4)22(29(5,24)25)14-8-7-9-15(12-14)26-2/h7-13,18H,6H2,1-5H3,(H,21,23)/t18-/m0/s1. The lowest BCUT2D eigenvalue weighted by Crippen LogP contribution is -2.47. The topological polar surface area (TPSA) is 94.2 Å². The van der Waals surface area contributed by atoms with E-state index in [-0.39, 0.29) is 6.42 Å². The van der Waals surface area contributed by atoms with Crippen LogP contribution in [-0.4, -0.2) is 48.0 Å². The van der Waals surface area contributed by atoms with Gasteiger partial charge in [0, 0.05) is 12.1 Å². The smallest absolute Gasteiger partial charge is 0.248 e. The maximum atomic E-state index is 13.0. The Kier molecular flexibility index (Phi) is 7.33. The van der Waals surface area contributed by atoms with Crippen LogP contribution >= 0.6 is 0 Å². The first-order valence-corrected chi connectivity index (χ1v) is 10.8. The van der Waals surface area contributed by atoms with Crippen LogP contribution < -0.4 is 23.8 Å². The van der Waals surface area contributed by atoms with Crippen molar-refractivity contribution >= 4 is 27.3 Å². The molecule has 0 radical (unpaired) electrons. The number of carbonyl (C=O) groups excluding carboxylic acids is 1. The monoisotopic (exact) mass is 422 g/mol. The van der Waals surface area contributed by atoms with Crippen molar-refractivity contribution in [2.24, 2.45) is 0 Å². The molecule has 29 heavy (non-hydrogen) atoms. The zero-order chi connectivity index (χ0) is 21.6. The third-order valence-electron chi connectivity index (χ3n) is 4.30. The highest BCUT2D eigenvalue weighted by atomic mass is 32.2. The Labute approximate surface area is 171 Å². The number of carbonyl (C=O) groups is 1. The van der Waals surface area contributed by atoms with E-state index in [1.807, 2.05) is 0 Å². The van der Waals surface area contributed by atoms with Crippen LogP contribution in [0.3, 0.4) is 0 Å². The number of nitrogens with zero attached hydrogens (tertiary/aromatic N) is 1. The first-order valence-electron chi connectivity index (χ1n) is 8.91. The summed E-state index contributed by atoms with van der Waals surface area (Å²) in [6.45, 7) is 1.74. The van der Waals surface area contributed by atoms with E-state index in [1.54, 1.807) is 49.4 Å². The van der Waals surface area contributed by atoms with Gasteiger partial charge in [-0.3, -0.25) is 9.10 Å². The Morgan fingerprint density at radius 1 is 1.03 bits per heavy atom. The second kappa shape index (κ2) is 9.51. The van der Waals surface area contributed by atoms with Crippen LogP contribution in [0.5, 0.6) is 17.2 Å². The zero-order valence-corrected chi connectivity index (χ0v) is 17.9. The molecule has 2 aromatic carbocycles. The van der Waals surface area contributed by atoms with Crippen LogP contribution in [0.25, 0.3) is 0 Å². The van der Waals surface area contributed by atoms with E-state index in [1.165, 1.54) is 21.3 Å². The highest BCUT2D eigenvalue weighted by molar-refractivity contribution is 7.92. The van der Waals surface area contributed by atoms with Crippen LogP contribution in [-0.2, 0) is 14.8 Å². The molecule has 0 aliphatic rings. The van der Waals surface area contributed by atoms with Crippen molar-refractivity contribution in [2.75, 3.05) is 37.2 Å². The number of nitrogens with one attached hydrogen (secondary N) is 1. The second-order valence-electron chi connectivity index (χ2n) is 6.24. The summed E-state index contributed by atoms with van der Waals surface area (Å²) in [6.07, 6.45) is 1.32. The van der Waals surface area contributed by atoms with Crippen LogP contribution in [0, 0.1) is 0 Å². The van der Waals surface area contributed by atoms with Crippen molar-refractivity contribution in [3.8, 4) is 17.2 Å². The fourth-order valence-corrected chi connectivity index (χ4v) is 4.13. The van der Waals surface area contributed by atoms with Gasteiger partial charge in [0.25, 0.3) is 0 Å². The Bertz CT molecular complexity index is 961. The Morgan fingerprint density at radius 3 is 2.24 bits per heavy atom. The molecular weight excluding hydrogens is 396 g/mol. The molecule has 0 unspecified atom stereocenters. The highest BCUT2D eigenvalue weighted by Crippen LogP contribution is 2.31. The summed E-state index contributed by atoms with van der Waals surface area (Å²) in [7, 11) is 0.737. The molecule has 1 amide bonds. The molecule has 0 bridgehead atoms. The summed E-state index contributed by atoms with van der Waals surface area (Å²) in [6, 6.07) is 10.5. The van der Waals surface area contributed by atoms with Gasteiger partial charge in [-0.15, -0.1) is 0 Å². The van der Waals surface area contributed by atoms with Crippen LogP contribution in [0.4, 0.5) is 11.4 Å². The average Bonchev–Trinajstić information content (AvgIpc) is 2.71. The van der Waals surface area contributed by atoms with E-state index in [9.17, 15) is 13.2 Å². The number of benzene rings is 2. The van der Waals surface area contributed by atoms with Gasteiger partial charge in [-0.25, -0.2) is 8.42 Å². The predicted molar refractivity (Wildman–Crippen MR) is 113 cm³/mol. The molecule has 1 N–H and O–H groups in total. The van der Waals surface area contributed by atoms with E-state index in [4.69, 9.17) is 14.2 Å². The lowest BCUT2D eigenvalue weighted by Gasteiger charge is -2.30. The normalized spacial score (nSPS) is 12.0. The van der Waals surface area contributed by atoms with Gasteiger partial charge in [0.1, 0.15) is 23.3 Å². The van der Waals surface area contributed by atoms with Crippen molar-refractivity contribution in [3.63, 3.8) is 0 Å². The largest absolute Gasteiger partial charge is 0.497 e. The molecule has 2 rings (SSSR count). The maximum absolute atomic E-state index is 13.0. The Morgan fingerprint density at radius 2 is 1.69 bits per heavy atom. The summed E-state index contributed by atoms with van der Waals surface area (Å²) in [5, 5.41) is 2.76. The molecule has 0 spiro atoms. The van der Waals surface area contributed by atoms with Gasteiger partial charge in [-0.2, -0.15) is 0 Å². The van der Waals surface area contributed by atoms with Gasteiger partial charge in [0.15, 0.2) is 0 Å². The minimum atomic E-state index is -3.75. The number of amides is 1. The minimum absolute atomic E-state index is 0.259. The molecule has 0 saturated carbocycles. The maximum Gasteiger partial charge on any atom is 0.248 e. The van der Waals surface area contributed by atoms with Crippen LogP contribution in [0.2, 0.25) is 0 Å². The molecule has 0 aromatic heterocycles. The van der Waals surface area contributed by atoms with Crippen molar-refractivity contribution in [1.82, 2.24) is 0 Å². The summed E-state index contributed by atoms with van der Waals surface area (Å²) in [5.41, 5.74) is 0.756. The second-order valence-corrected chi connectivity index (χ2v) is 8.10. The quantitative estimate of drug-likeness (QED) is 0.668. The SMILES string of the molecule is CC[C@@H](C(=O)Nc1ccc(OC)cc1OC)N(c1cccc(OC)c1)S(C)(=O)=O. The van der Waals surface area contributed by atoms with Crippen molar-refractivity contribution < 1.29 is 27.4 Å². The summed E-state index contributed by atoms with van der Waals surface area (Å²) in [5.74, 6) is 0.980. The molecule has 0 saturated heterocycles. The summed E-state index contributed by atoms with van der Waals surface area (Å²) >= 11 is 0. The minimum Gasteiger partial charge on any atom is -0.497 e. The number of methoxy groups -OCH3 is 3. The summed E-state index contributed by atoms with van der Waals surface area (Å²) in [4.78, 5) is 13.0. The fourth-order valence-electron chi connectivity index (χ4n) is 2.93. The molecule has 9 heteroatoms. The van der Waals surface area contributed by atoms with Gasteiger partial charge >= 0.3 is 0 Å². The molecular formula is C20H26N2O6S. The molecule has 1 atom stereocenters. The highest BCUT2D eigenvalue weighted by Gasteiger charge is 2.32. The molecule has 0 aliphatic heterocycles. The zero-order valence-electron chi connectivity index (χ0n) is 17.1. The van der Waals surface area contributed by atoms with Gasteiger partial charge in [0.2, 0.25) is 15.9 Å². The lowest BCUT2D eigenvalue weighted by molar-refractivity contribution is -0.117. The number of ether oxygens (including phenoxy) is 3. The fraction of sp³-hybridized carbons (Fsp3) is 0.350. The van der Waals surface area contributed by atoms with Crippen molar-refractivity contribution in [3.05, 3.63) is 42.5 Å². The van der Waals surface area contributed by atoms with Crippen LogP contribution in [0.1, 0.15) is 13.3 Å². The molecule has 2 aromatic rings. The van der Waals surface area contributed by atoms with E-state index in [0.29, 0.717) is 28.6 Å². The van der Waals surface area contributed by atoms with E-state index in [2.05, 4.69) is 5.32 Å². The Balaban J connectivity index is 2.41. The number of anilines is 2. The molecule has 8 nitrogen and oxygen atoms in total.